The molecule has 3 aromatic rings. The monoisotopic (exact) mass is 550 g/mol. The minimum absolute atomic E-state index is 0. The maximum Gasteiger partial charge on any atom is 1.00 e. The van der Waals surface area contributed by atoms with Gasteiger partial charge in [0.1, 0.15) is 13.6 Å². The Morgan fingerprint density at radius 1 is 0.919 bits per heavy atom. The van der Waals surface area contributed by atoms with Crippen LogP contribution in [0.5, 0.6) is 34.5 Å². The zero-order valence-electron chi connectivity index (χ0n) is 21.1. The molecule has 186 valence electrons. The van der Waals surface area contributed by atoms with Crippen LogP contribution in [0.4, 0.5) is 0 Å². The molecule has 0 unspecified atom stereocenters. The first-order valence-electron chi connectivity index (χ1n) is 9.85. The number of hydrogen-bond acceptors (Lipinski definition) is 11. The summed E-state index contributed by atoms with van der Waals surface area (Å²) in [6.45, 7) is 0. The Morgan fingerprint density at radius 2 is 1.51 bits per heavy atom. The molecule has 0 bridgehead atoms. The van der Waals surface area contributed by atoms with Gasteiger partial charge in [0.2, 0.25) is 11.5 Å². The van der Waals surface area contributed by atoms with E-state index < -0.39 is 25.1 Å². The Bertz CT molecular complexity index is 1280. The molecule has 1 heterocycles. The van der Waals surface area contributed by atoms with Gasteiger partial charge in [0.15, 0.2) is 28.8 Å². The summed E-state index contributed by atoms with van der Waals surface area (Å²) in [5, 5.41) is 10.8. The van der Waals surface area contributed by atoms with Crippen LogP contribution in [0, 0.1) is 0 Å². The number of ether oxygens (including phenoxy) is 4. The number of methoxy groups -OCH3 is 4. The van der Waals surface area contributed by atoms with E-state index in [9.17, 15) is 24.3 Å². The van der Waals surface area contributed by atoms with E-state index in [1.807, 2.05) is 0 Å². The van der Waals surface area contributed by atoms with Crippen LogP contribution in [0.15, 0.2) is 47.1 Å². The molecule has 0 aliphatic heterocycles. The molecular formula is C23H21Na2O11P. The predicted molar refractivity (Wildman–Crippen MR) is 120 cm³/mol. The normalized spacial score (nSPS) is 11.0. The Balaban J connectivity index is 0.00000342. The van der Waals surface area contributed by atoms with Gasteiger partial charge in [0, 0.05) is 16.7 Å². The van der Waals surface area contributed by atoms with E-state index in [2.05, 4.69) is 4.52 Å². The number of furan rings is 1. The van der Waals surface area contributed by atoms with Gasteiger partial charge in [-0.15, -0.1) is 0 Å². The molecule has 37 heavy (non-hydrogen) atoms. The van der Waals surface area contributed by atoms with Crippen LogP contribution in [0.3, 0.4) is 0 Å². The summed E-state index contributed by atoms with van der Waals surface area (Å²) >= 11 is 0. The molecule has 0 atom stereocenters. The number of allylic oxidation sites excluding steroid dienone is 1. The number of benzene rings is 2. The van der Waals surface area contributed by atoms with Gasteiger partial charge in [-0.25, -0.2) is 0 Å². The van der Waals surface area contributed by atoms with Gasteiger partial charge in [0.25, 0.3) is 0 Å². The van der Waals surface area contributed by atoms with Crippen LogP contribution in [-0.4, -0.2) is 39.3 Å². The summed E-state index contributed by atoms with van der Waals surface area (Å²) < 4.78 is 41.9. The largest absolute Gasteiger partial charge is 1.00 e. The fourth-order valence-corrected chi connectivity index (χ4v) is 3.68. The van der Waals surface area contributed by atoms with Crippen LogP contribution in [0.1, 0.15) is 21.7 Å². The van der Waals surface area contributed by atoms with Crippen molar-refractivity contribution in [3.63, 3.8) is 0 Å². The molecule has 1 N–H and O–H groups in total. The third-order valence-corrected chi connectivity index (χ3v) is 5.22. The smallest absolute Gasteiger partial charge is 0.780 e. The van der Waals surface area contributed by atoms with Crippen LogP contribution >= 0.6 is 7.82 Å². The van der Waals surface area contributed by atoms with E-state index in [1.54, 1.807) is 12.1 Å². The van der Waals surface area contributed by atoms with Crippen molar-refractivity contribution >= 4 is 25.3 Å². The zero-order chi connectivity index (χ0) is 25.8. The van der Waals surface area contributed by atoms with Gasteiger partial charge in [0.05, 0.1) is 34.7 Å². The van der Waals surface area contributed by atoms with Gasteiger partial charge in [-0.3, -0.25) is 4.79 Å². The van der Waals surface area contributed by atoms with Crippen molar-refractivity contribution in [1.29, 1.82) is 0 Å². The standard InChI is InChI=1S/C23H23O11P.2Na/c1-29-17-8-7-15(21(25)23(17)34-35(26,27)28)16(12-14-6-5-9-33-14)20(24)13-10-18(30-2)22(32-4)19(11-13)31-3;;/h5-12,25H,1-4H3,(H2,26,27,28);;/q;2*+1/p-2/b16-12-;;. The van der Waals surface area contributed by atoms with E-state index in [0.717, 1.165) is 0 Å². The van der Waals surface area contributed by atoms with Crippen LogP contribution < -0.4 is 92.4 Å². The molecule has 0 radical (unpaired) electrons. The van der Waals surface area contributed by atoms with Crippen molar-refractivity contribution in [2.75, 3.05) is 28.4 Å². The number of rotatable bonds is 10. The molecule has 0 saturated carbocycles. The number of phosphoric acid groups is 1. The molecule has 0 amide bonds. The molecule has 0 aliphatic rings. The van der Waals surface area contributed by atoms with Gasteiger partial charge in [-0.05, 0) is 42.5 Å². The summed E-state index contributed by atoms with van der Waals surface area (Å²) in [6, 6.07) is 8.48. The van der Waals surface area contributed by atoms with Crippen LogP contribution in [-0.2, 0) is 4.57 Å². The zero-order valence-corrected chi connectivity index (χ0v) is 26.0. The third-order valence-electron chi connectivity index (χ3n) is 4.81. The number of phenolic OH excluding ortho intramolecular Hbond substituents is 1. The van der Waals surface area contributed by atoms with Crippen molar-refractivity contribution in [2.45, 2.75) is 0 Å². The SMILES string of the molecule is COc1cc(C(=O)/C(=C\c2ccco2)c2ccc(OC)c(OP(=O)([O-])[O-])c2O)cc(OC)c1OC.[Na+].[Na+]. The maximum absolute atomic E-state index is 13.7. The predicted octanol–water partition coefficient (Wildman–Crippen LogP) is -3.34. The molecule has 2 aromatic carbocycles. The molecule has 11 nitrogen and oxygen atoms in total. The topological polar surface area (TPSA) is 160 Å². The molecule has 1 aromatic heterocycles. The maximum atomic E-state index is 13.7. The number of phenols is 1. The second-order valence-corrected chi connectivity index (χ2v) is 7.93. The average Bonchev–Trinajstić information content (AvgIpc) is 3.35. The van der Waals surface area contributed by atoms with Crippen LogP contribution in [0.25, 0.3) is 11.6 Å². The van der Waals surface area contributed by atoms with E-state index in [1.165, 1.54) is 65.0 Å². The van der Waals surface area contributed by atoms with E-state index in [-0.39, 0.29) is 105 Å². The molecule has 0 fully saturated rings. The number of aromatic hydroxyl groups is 1. The molecule has 0 saturated heterocycles. The van der Waals surface area contributed by atoms with E-state index in [0.29, 0.717) is 0 Å². The second kappa shape index (κ2) is 14.3. The third kappa shape index (κ3) is 7.79. The minimum atomic E-state index is -5.58. The first kappa shape index (κ1) is 33.1. The summed E-state index contributed by atoms with van der Waals surface area (Å²) in [6.07, 6.45) is 2.70. The fourth-order valence-electron chi connectivity index (χ4n) is 3.28. The van der Waals surface area contributed by atoms with Crippen molar-refractivity contribution < 1.29 is 111 Å². The average molecular weight is 550 g/mol. The number of Topliss-reactive ketones (excluding diaryl/α,β-unsaturated/α-hetero) is 1. The summed E-state index contributed by atoms with van der Waals surface area (Å²) in [5.41, 5.74) is -0.219. The van der Waals surface area contributed by atoms with Crippen molar-refractivity contribution in [2.24, 2.45) is 0 Å². The van der Waals surface area contributed by atoms with Crippen LogP contribution in [0.2, 0.25) is 0 Å². The van der Waals surface area contributed by atoms with E-state index in [4.69, 9.17) is 23.4 Å². The van der Waals surface area contributed by atoms with Gasteiger partial charge in [-0.1, -0.05) is 0 Å². The first-order chi connectivity index (χ1) is 16.6. The Kier molecular flexibility index (Phi) is 12.8. The number of carbonyl (C=O) groups excluding carboxylic acids is 1. The van der Waals surface area contributed by atoms with Gasteiger partial charge < -0.3 is 47.3 Å². The Labute approximate surface area is 257 Å². The summed E-state index contributed by atoms with van der Waals surface area (Å²) in [4.78, 5) is 36.2. The van der Waals surface area contributed by atoms with Crippen molar-refractivity contribution in [3.05, 3.63) is 59.5 Å². The molecule has 3 rings (SSSR count). The Morgan fingerprint density at radius 3 is 1.97 bits per heavy atom. The van der Waals surface area contributed by atoms with Gasteiger partial charge >= 0.3 is 59.1 Å². The fraction of sp³-hybridized carbons (Fsp3) is 0.174. The quantitative estimate of drug-likeness (QED) is 0.116. The minimum Gasteiger partial charge on any atom is -0.780 e. The summed E-state index contributed by atoms with van der Waals surface area (Å²) in [5.74, 6) is -1.54. The molecule has 0 spiro atoms. The molecule has 0 aliphatic carbocycles. The molecular weight excluding hydrogens is 529 g/mol. The second-order valence-electron chi connectivity index (χ2n) is 6.85. The summed E-state index contributed by atoms with van der Waals surface area (Å²) in [7, 11) is -0.226. The van der Waals surface area contributed by atoms with Gasteiger partial charge in [-0.2, -0.15) is 0 Å². The number of phosphoric ester groups is 1. The molecule has 14 heteroatoms. The number of ketones is 1. The van der Waals surface area contributed by atoms with Crippen molar-refractivity contribution in [3.8, 4) is 34.5 Å². The first-order valence-corrected chi connectivity index (χ1v) is 11.3. The number of hydrogen-bond donors (Lipinski definition) is 1. The Hall–Kier alpha value is -1.92. The van der Waals surface area contributed by atoms with Crippen molar-refractivity contribution in [1.82, 2.24) is 0 Å². The van der Waals surface area contributed by atoms with E-state index >= 15 is 0 Å². The number of carbonyl (C=O) groups is 1.